The van der Waals surface area contributed by atoms with Crippen molar-refractivity contribution in [3.8, 4) is 0 Å². The second-order valence-electron chi connectivity index (χ2n) is 7.12. The van der Waals surface area contributed by atoms with Gasteiger partial charge in [0.05, 0.1) is 18.3 Å². The highest BCUT2D eigenvalue weighted by molar-refractivity contribution is 7.98. The fraction of sp³-hybridized carbons (Fsp3) is 0.778. The standard InChI is InChI=1S/C18H30N4O5S2/c1-4-13(15(24)25)22-14(23)12(6-11-29-3)20-18(22)7-9-21(10-8-18)16(28)19-17(26)27-5-2/h12-13,20H,4-11H2,1-3H3,(H,24,25)(H,19,26,28). The lowest BCUT2D eigenvalue weighted by molar-refractivity contribution is -0.154. The molecule has 0 bridgehead atoms. The molecule has 2 unspecified atom stereocenters. The first kappa shape index (κ1) is 23.7. The number of nitrogens with zero attached hydrogens (tertiary/aromatic N) is 2. The summed E-state index contributed by atoms with van der Waals surface area (Å²) >= 11 is 6.95. The van der Waals surface area contributed by atoms with Gasteiger partial charge < -0.3 is 19.6 Å². The summed E-state index contributed by atoms with van der Waals surface area (Å²) in [4.78, 5) is 40.0. The molecule has 0 aromatic rings. The van der Waals surface area contributed by atoms with E-state index < -0.39 is 23.8 Å². The molecule has 2 fully saturated rings. The molecular weight excluding hydrogens is 416 g/mol. The van der Waals surface area contributed by atoms with Gasteiger partial charge in [-0.2, -0.15) is 11.8 Å². The zero-order chi connectivity index (χ0) is 21.6. The number of hydrogen-bond acceptors (Lipinski definition) is 7. The molecule has 2 atom stereocenters. The summed E-state index contributed by atoms with van der Waals surface area (Å²) in [5.74, 6) is -0.319. The number of carbonyl (C=O) groups is 3. The molecular formula is C18H30N4O5S2. The van der Waals surface area contributed by atoms with Gasteiger partial charge in [-0.25, -0.2) is 9.59 Å². The molecule has 0 aromatic carbocycles. The number of amides is 2. The van der Waals surface area contributed by atoms with Crippen LogP contribution >= 0.6 is 24.0 Å². The molecule has 0 aromatic heterocycles. The van der Waals surface area contributed by atoms with Gasteiger partial charge in [-0.05, 0) is 44.0 Å². The van der Waals surface area contributed by atoms with Crippen LogP contribution in [-0.2, 0) is 14.3 Å². The summed E-state index contributed by atoms with van der Waals surface area (Å²) in [6, 6.07) is -1.25. The topological polar surface area (TPSA) is 111 Å². The molecule has 2 rings (SSSR count). The molecule has 2 aliphatic rings. The van der Waals surface area contributed by atoms with Crippen LogP contribution in [0.2, 0.25) is 0 Å². The normalized spacial score (nSPS) is 21.9. The molecule has 0 saturated carbocycles. The molecule has 3 N–H and O–H groups in total. The predicted octanol–water partition coefficient (Wildman–Crippen LogP) is 1.23. The van der Waals surface area contributed by atoms with Crippen LogP contribution in [0.4, 0.5) is 4.79 Å². The molecule has 29 heavy (non-hydrogen) atoms. The Labute approximate surface area is 180 Å². The van der Waals surface area contributed by atoms with E-state index in [0.717, 1.165) is 5.75 Å². The highest BCUT2D eigenvalue weighted by Gasteiger charge is 2.54. The van der Waals surface area contributed by atoms with Gasteiger partial charge in [-0.15, -0.1) is 0 Å². The first-order chi connectivity index (χ1) is 13.8. The van der Waals surface area contributed by atoms with E-state index in [1.807, 2.05) is 11.2 Å². The maximum absolute atomic E-state index is 13.1. The fourth-order valence-electron chi connectivity index (χ4n) is 3.98. The van der Waals surface area contributed by atoms with Crippen LogP contribution in [0.5, 0.6) is 0 Å². The number of ether oxygens (including phenoxy) is 1. The Morgan fingerprint density at radius 2 is 2.07 bits per heavy atom. The Balaban J connectivity index is 2.14. The quantitative estimate of drug-likeness (QED) is 0.497. The highest BCUT2D eigenvalue weighted by Crippen LogP contribution is 2.36. The Hall–Kier alpha value is -1.59. The molecule has 9 nitrogen and oxygen atoms in total. The number of carboxylic acid groups (broad SMARTS) is 1. The van der Waals surface area contributed by atoms with Crippen molar-refractivity contribution in [1.82, 2.24) is 20.4 Å². The molecule has 2 aliphatic heterocycles. The van der Waals surface area contributed by atoms with Crippen LogP contribution in [-0.4, -0.2) is 87.4 Å². The van der Waals surface area contributed by atoms with Gasteiger partial charge in [0, 0.05) is 25.9 Å². The van der Waals surface area contributed by atoms with Crippen molar-refractivity contribution >= 4 is 47.1 Å². The van der Waals surface area contributed by atoms with Gasteiger partial charge >= 0.3 is 12.1 Å². The minimum absolute atomic E-state index is 0.144. The minimum atomic E-state index is -0.991. The molecule has 2 amide bonds. The third-order valence-electron chi connectivity index (χ3n) is 5.40. The second kappa shape index (κ2) is 10.4. The number of thioether (sulfide) groups is 1. The summed E-state index contributed by atoms with van der Waals surface area (Å²) in [6.07, 6.45) is 3.41. The largest absolute Gasteiger partial charge is 0.480 e. The van der Waals surface area contributed by atoms with E-state index in [1.54, 1.807) is 30.5 Å². The summed E-state index contributed by atoms with van der Waals surface area (Å²) in [5, 5.41) is 16.0. The SMILES string of the molecule is CCOC(=O)NC(=S)N1CCC2(CC1)NC(CCSC)C(=O)N2C(CC)C(=O)O. The number of likely N-dealkylation sites (tertiary alicyclic amines) is 1. The number of thiocarbonyl (C=S) groups is 1. The van der Waals surface area contributed by atoms with Gasteiger partial charge in [0.15, 0.2) is 5.11 Å². The smallest absolute Gasteiger partial charge is 0.413 e. The maximum atomic E-state index is 13.1. The highest BCUT2D eigenvalue weighted by atomic mass is 32.2. The third kappa shape index (κ3) is 5.32. The van der Waals surface area contributed by atoms with Crippen LogP contribution in [0.25, 0.3) is 0 Å². The number of carbonyl (C=O) groups excluding carboxylic acids is 2. The molecule has 0 radical (unpaired) electrons. The van der Waals surface area contributed by atoms with Crippen LogP contribution in [0.3, 0.4) is 0 Å². The van der Waals surface area contributed by atoms with E-state index in [1.165, 1.54) is 0 Å². The molecule has 11 heteroatoms. The van der Waals surface area contributed by atoms with Crippen molar-refractivity contribution in [3.63, 3.8) is 0 Å². The van der Waals surface area contributed by atoms with E-state index in [2.05, 4.69) is 10.6 Å². The zero-order valence-electron chi connectivity index (χ0n) is 17.1. The molecule has 0 aliphatic carbocycles. The van der Waals surface area contributed by atoms with Gasteiger partial charge in [0.1, 0.15) is 6.04 Å². The minimum Gasteiger partial charge on any atom is -0.480 e. The van der Waals surface area contributed by atoms with Crippen LogP contribution in [0.15, 0.2) is 0 Å². The van der Waals surface area contributed by atoms with Crippen LogP contribution in [0.1, 0.15) is 39.5 Å². The van der Waals surface area contributed by atoms with Crippen molar-refractivity contribution in [1.29, 1.82) is 0 Å². The third-order valence-corrected chi connectivity index (χ3v) is 6.40. The van der Waals surface area contributed by atoms with E-state index in [-0.39, 0.29) is 23.7 Å². The molecule has 164 valence electrons. The van der Waals surface area contributed by atoms with Gasteiger partial charge in [-0.3, -0.25) is 15.4 Å². The van der Waals surface area contributed by atoms with Crippen molar-refractivity contribution < 1.29 is 24.2 Å². The summed E-state index contributed by atoms with van der Waals surface area (Å²) in [6.45, 7) is 4.73. The van der Waals surface area contributed by atoms with Crippen molar-refractivity contribution in [3.05, 3.63) is 0 Å². The van der Waals surface area contributed by atoms with Crippen molar-refractivity contribution in [2.75, 3.05) is 31.7 Å². The second-order valence-corrected chi connectivity index (χ2v) is 8.49. The lowest BCUT2D eigenvalue weighted by Crippen LogP contribution is -2.63. The molecule has 2 heterocycles. The Morgan fingerprint density at radius 3 is 2.59 bits per heavy atom. The lowest BCUT2D eigenvalue weighted by atomic mass is 9.94. The number of alkyl carbamates (subject to hydrolysis) is 1. The summed E-state index contributed by atoms with van der Waals surface area (Å²) < 4.78 is 4.86. The average Bonchev–Trinajstić information content (AvgIpc) is 2.93. The van der Waals surface area contributed by atoms with E-state index in [0.29, 0.717) is 38.8 Å². The summed E-state index contributed by atoms with van der Waals surface area (Å²) in [7, 11) is 0. The average molecular weight is 447 g/mol. The number of aliphatic carboxylic acids is 1. The Kier molecular flexibility index (Phi) is 8.53. The lowest BCUT2D eigenvalue weighted by Gasteiger charge is -2.46. The number of rotatable bonds is 7. The number of nitrogens with one attached hydrogen (secondary N) is 2. The van der Waals surface area contributed by atoms with Crippen LogP contribution < -0.4 is 10.6 Å². The van der Waals surface area contributed by atoms with Gasteiger partial charge in [-0.1, -0.05) is 6.92 Å². The molecule has 2 saturated heterocycles. The van der Waals surface area contributed by atoms with Gasteiger partial charge in [0.25, 0.3) is 0 Å². The van der Waals surface area contributed by atoms with Crippen LogP contribution in [0, 0.1) is 0 Å². The fourth-order valence-corrected chi connectivity index (χ4v) is 4.72. The van der Waals surface area contributed by atoms with Crippen molar-refractivity contribution in [2.45, 2.75) is 57.3 Å². The Bertz CT molecular complexity index is 640. The number of piperidine rings is 1. The van der Waals surface area contributed by atoms with E-state index >= 15 is 0 Å². The monoisotopic (exact) mass is 446 g/mol. The number of carboxylic acids is 1. The first-order valence-electron chi connectivity index (χ1n) is 9.85. The van der Waals surface area contributed by atoms with Crippen molar-refractivity contribution in [2.24, 2.45) is 0 Å². The van der Waals surface area contributed by atoms with E-state index in [4.69, 9.17) is 17.0 Å². The predicted molar refractivity (Wildman–Crippen MR) is 115 cm³/mol. The molecule has 1 spiro atoms. The summed E-state index contributed by atoms with van der Waals surface area (Å²) in [5.41, 5.74) is -0.713. The Morgan fingerprint density at radius 1 is 1.41 bits per heavy atom. The maximum Gasteiger partial charge on any atom is 0.413 e. The first-order valence-corrected chi connectivity index (χ1v) is 11.6. The van der Waals surface area contributed by atoms with E-state index in [9.17, 15) is 19.5 Å². The van der Waals surface area contributed by atoms with Gasteiger partial charge in [0.2, 0.25) is 5.91 Å². The number of hydrogen-bond donors (Lipinski definition) is 3. The zero-order valence-corrected chi connectivity index (χ0v) is 18.7.